The van der Waals surface area contributed by atoms with E-state index >= 15 is 0 Å². The van der Waals surface area contributed by atoms with Crippen molar-refractivity contribution in [2.45, 2.75) is 19.4 Å². The summed E-state index contributed by atoms with van der Waals surface area (Å²) in [5.74, 6) is 0. The Morgan fingerprint density at radius 1 is 1.47 bits per heavy atom. The van der Waals surface area contributed by atoms with Crippen molar-refractivity contribution in [1.29, 1.82) is 0 Å². The lowest BCUT2D eigenvalue weighted by Gasteiger charge is -2.31. The number of hydrogen-bond donors (Lipinski definition) is 1. The highest BCUT2D eigenvalue weighted by Gasteiger charge is 2.17. The molecule has 0 unspecified atom stereocenters. The van der Waals surface area contributed by atoms with Crippen LogP contribution in [-0.2, 0) is 13.0 Å². The van der Waals surface area contributed by atoms with E-state index in [1.807, 2.05) is 6.08 Å². The summed E-state index contributed by atoms with van der Waals surface area (Å²) < 4.78 is 0. The molecule has 2 N–H and O–H groups in total. The number of benzene rings is 1. The van der Waals surface area contributed by atoms with Gasteiger partial charge in [-0.05, 0) is 30.0 Å². The third-order valence-corrected chi connectivity index (χ3v) is 3.01. The van der Waals surface area contributed by atoms with Crippen molar-refractivity contribution in [2.75, 3.05) is 18.0 Å². The Balaban J connectivity index is 2.39. The van der Waals surface area contributed by atoms with Gasteiger partial charge >= 0.3 is 0 Å². The van der Waals surface area contributed by atoms with E-state index in [9.17, 15) is 0 Å². The van der Waals surface area contributed by atoms with Crippen molar-refractivity contribution >= 4 is 5.69 Å². The fourth-order valence-corrected chi connectivity index (χ4v) is 2.31. The number of hydrogen-bond acceptors (Lipinski definition) is 2. The van der Waals surface area contributed by atoms with Crippen LogP contribution in [0.2, 0.25) is 0 Å². The van der Waals surface area contributed by atoms with Crippen molar-refractivity contribution in [3.8, 4) is 0 Å². The number of fused-ring (bicyclic) bond motifs is 1. The van der Waals surface area contributed by atoms with E-state index in [1.54, 1.807) is 0 Å². The molecule has 0 amide bonds. The van der Waals surface area contributed by atoms with Gasteiger partial charge in [-0.15, -0.1) is 6.58 Å². The van der Waals surface area contributed by atoms with Crippen LogP contribution in [0, 0.1) is 0 Å². The second-order valence-corrected chi connectivity index (χ2v) is 3.96. The number of rotatable bonds is 3. The van der Waals surface area contributed by atoms with Gasteiger partial charge in [0, 0.05) is 25.3 Å². The van der Waals surface area contributed by atoms with Gasteiger partial charge in [0.05, 0.1) is 0 Å². The van der Waals surface area contributed by atoms with E-state index in [1.165, 1.54) is 23.2 Å². The van der Waals surface area contributed by atoms with Gasteiger partial charge in [0.2, 0.25) is 0 Å². The maximum atomic E-state index is 5.75. The fraction of sp³-hybridized carbons (Fsp3) is 0.385. The lowest BCUT2D eigenvalue weighted by Crippen LogP contribution is -2.30. The molecule has 0 aliphatic carbocycles. The number of anilines is 1. The van der Waals surface area contributed by atoms with Crippen LogP contribution in [0.1, 0.15) is 17.5 Å². The SMILES string of the molecule is C=CCN1CCCc2c(CN)cccc21. The minimum absolute atomic E-state index is 0.644. The molecule has 0 aromatic heterocycles. The molecular formula is C13H18N2. The lowest BCUT2D eigenvalue weighted by molar-refractivity contribution is 0.715. The van der Waals surface area contributed by atoms with Crippen molar-refractivity contribution in [2.24, 2.45) is 5.73 Å². The molecule has 0 fully saturated rings. The second-order valence-electron chi connectivity index (χ2n) is 3.96. The number of nitrogens with zero attached hydrogens (tertiary/aromatic N) is 1. The monoisotopic (exact) mass is 202 g/mol. The average Bonchev–Trinajstić information content (AvgIpc) is 2.29. The van der Waals surface area contributed by atoms with Crippen LogP contribution in [0.15, 0.2) is 30.9 Å². The molecule has 0 radical (unpaired) electrons. The summed E-state index contributed by atoms with van der Waals surface area (Å²) in [7, 11) is 0. The van der Waals surface area contributed by atoms with Crippen LogP contribution in [-0.4, -0.2) is 13.1 Å². The zero-order valence-electron chi connectivity index (χ0n) is 9.08. The molecule has 0 atom stereocenters. The summed E-state index contributed by atoms with van der Waals surface area (Å²) in [5, 5.41) is 0. The Bertz CT molecular complexity index is 358. The van der Waals surface area contributed by atoms with E-state index < -0.39 is 0 Å². The molecule has 0 spiro atoms. The van der Waals surface area contributed by atoms with E-state index in [4.69, 9.17) is 5.73 Å². The normalized spacial score (nSPS) is 14.9. The van der Waals surface area contributed by atoms with Gasteiger partial charge in [-0.2, -0.15) is 0 Å². The number of nitrogens with two attached hydrogens (primary N) is 1. The maximum Gasteiger partial charge on any atom is 0.0404 e. The van der Waals surface area contributed by atoms with Gasteiger partial charge in [0.15, 0.2) is 0 Å². The summed E-state index contributed by atoms with van der Waals surface area (Å²) in [6, 6.07) is 6.43. The maximum absolute atomic E-state index is 5.75. The fourth-order valence-electron chi connectivity index (χ4n) is 2.31. The topological polar surface area (TPSA) is 29.3 Å². The molecule has 15 heavy (non-hydrogen) atoms. The van der Waals surface area contributed by atoms with Crippen LogP contribution < -0.4 is 10.6 Å². The van der Waals surface area contributed by atoms with Crippen LogP contribution >= 0.6 is 0 Å². The third-order valence-electron chi connectivity index (χ3n) is 3.01. The molecule has 0 bridgehead atoms. The Morgan fingerprint density at radius 2 is 2.33 bits per heavy atom. The van der Waals surface area contributed by atoms with Crippen LogP contribution in [0.3, 0.4) is 0 Å². The Hall–Kier alpha value is -1.28. The van der Waals surface area contributed by atoms with Crippen molar-refractivity contribution in [3.63, 3.8) is 0 Å². The highest BCUT2D eigenvalue weighted by atomic mass is 15.1. The summed E-state index contributed by atoms with van der Waals surface area (Å²) in [5.41, 5.74) is 9.84. The highest BCUT2D eigenvalue weighted by molar-refractivity contribution is 5.58. The largest absolute Gasteiger partial charge is 0.368 e. The molecule has 2 rings (SSSR count). The van der Waals surface area contributed by atoms with Crippen molar-refractivity contribution in [3.05, 3.63) is 42.0 Å². The summed E-state index contributed by atoms with van der Waals surface area (Å²) >= 11 is 0. The smallest absolute Gasteiger partial charge is 0.0404 e. The Labute approximate surface area is 91.4 Å². The molecule has 1 aliphatic rings. The summed E-state index contributed by atoms with van der Waals surface area (Å²) in [6.45, 7) is 6.51. The first-order valence-corrected chi connectivity index (χ1v) is 5.53. The van der Waals surface area contributed by atoms with Crippen LogP contribution in [0.4, 0.5) is 5.69 Å². The molecule has 1 heterocycles. The minimum Gasteiger partial charge on any atom is -0.368 e. The van der Waals surface area contributed by atoms with E-state index in [0.717, 1.165) is 19.5 Å². The molecular weight excluding hydrogens is 184 g/mol. The molecule has 0 saturated heterocycles. The van der Waals surface area contributed by atoms with Gasteiger partial charge in [0.1, 0.15) is 0 Å². The third kappa shape index (κ3) is 1.90. The first kappa shape index (κ1) is 10.2. The standard InChI is InChI=1S/C13H18N2/c1-2-8-15-9-4-6-12-11(10-14)5-3-7-13(12)15/h2-3,5,7H,1,4,6,8-10,14H2. The zero-order valence-corrected chi connectivity index (χ0v) is 9.08. The molecule has 1 aliphatic heterocycles. The van der Waals surface area contributed by atoms with Gasteiger partial charge in [-0.1, -0.05) is 18.2 Å². The van der Waals surface area contributed by atoms with E-state index in [2.05, 4.69) is 29.7 Å². The molecule has 2 nitrogen and oxygen atoms in total. The van der Waals surface area contributed by atoms with Gasteiger partial charge in [-0.3, -0.25) is 0 Å². The van der Waals surface area contributed by atoms with Crippen molar-refractivity contribution in [1.82, 2.24) is 0 Å². The summed E-state index contributed by atoms with van der Waals surface area (Å²) in [6.07, 6.45) is 4.35. The van der Waals surface area contributed by atoms with E-state index in [-0.39, 0.29) is 0 Å². The Morgan fingerprint density at radius 3 is 3.07 bits per heavy atom. The van der Waals surface area contributed by atoms with Crippen LogP contribution in [0.25, 0.3) is 0 Å². The molecule has 0 saturated carbocycles. The molecule has 1 aromatic carbocycles. The van der Waals surface area contributed by atoms with Gasteiger partial charge in [0.25, 0.3) is 0 Å². The first-order chi connectivity index (χ1) is 7.36. The molecule has 80 valence electrons. The predicted molar refractivity (Wildman–Crippen MR) is 65.1 cm³/mol. The van der Waals surface area contributed by atoms with Crippen LogP contribution in [0.5, 0.6) is 0 Å². The quantitative estimate of drug-likeness (QED) is 0.760. The van der Waals surface area contributed by atoms with E-state index in [0.29, 0.717) is 6.54 Å². The van der Waals surface area contributed by atoms with Gasteiger partial charge < -0.3 is 10.6 Å². The average molecular weight is 202 g/mol. The summed E-state index contributed by atoms with van der Waals surface area (Å²) in [4.78, 5) is 2.38. The Kier molecular flexibility index (Phi) is 3.07. The molecule has 1 aromatic rings. The van der Waals surface area contributed by atoms with Gasteiger partial charge in [-0.25, -0.2) is 0 Å². The lowest BCUT2D eigenvalue weighted by atomic mass is 9.96. The second kappa shape index (κ2) is 4.49. The zero-order chi connectivity index (χ0) is 10.7. The van der Waals surface area contributed by atoms with Crippen molar-refractivity contribution < 1.29 is 0 Å². The minimum atomic E-state index is 0.644. The first-order valence-electron chi connectivity index (χ1n) is 5.53. The highest BCUT2D eigenvalue weighted by Crippen LogP contribution is 2.29. The predicted octanol–water partition coefficient (Wildman–Crippen LogP) is 2.08. The molecule has 2 heteroatoms.